The Balaban J connectivity index is 1.54. The van der Waals surface area contributed by atoms with E-state index in [0.717, 1.165) is 45.3 Å². The van der Waals surface area contributed by atoms with Crippen LogP contribution in [0.15, 0.2) is 54.6 Å². The fourth-order valence-corrected chi connectivity index (χ4v) is 4.94. The molecule has 4 nitrogen and oxygen atoms in total. The minimum absolute atomic E-state index is 0.0643. The van der Waals surface area contributed by atoms with Crippen LogP contribution in [0.25, 0.3) is 0 Å². The lowest BCUT2D eigenvalue weighted by molar-refractivity contribution is -0.131. The van der Waals surface area contributed by atoms with Crippen molar-refractivity contribution in [2.75, 3.05) is 19.6 Å². The summed E-state index contributed by atoms with van der Waals surface area (Å²) in [5.74, 6) is 0.637. The summed E-state index contributed by atoms with van der Waals surface area (Å²) >= 11 is 0. The Morgan fingerprint density at radius 3 is 2.62 bits per heavy atom. The van der Waals surface area contributed by atoms with Crippen molar-refractivity contribution in [2.45, 2.75) is 44.6 Å². The van der Waals surface area contributed by atoms with Crippen molar-refractivity contribution in [3.63, 3.8) is 0 Å². The lowest BCUT2D eigenvalue weighted by atomic mass is 9.73. The second-order valence-corrected chi connectivity index (χ2v) is 8.71. The number of hydrogen-bond acceptors (Lipinski definition) is 3. The van der Waals surface area contributed by atoms with Crippen molar-refractivity contribution in [3.8, 4) is 6.07 Å². The smallest absolute Gasteiger partial charge is 0.219 e. The van der Waals surface area contributed by atoms with Gasteiger partial charge in [0.2, 0.25) is 5.91 Å². The molecule has 2 atom stereocenters. The average molecular weight is 388 g/mol. The van der Waals surface area contributed by atoms with Crippen LogP contribution in [0.5, 0.6) is 0 Å². The zero-order valence-electron chi connectivity index (χ0n) is 17.1. The molecular weight excluding hydrogens is 358 g/mol. The van der Waals surface area contributed by atoms with Gasteiger partial charge in [0, 0.05) is 25.4 Å². The maximum Gasteiger partial charge on any atom is 0.219 e. The molecule has 1 aliphatic carbocycles. The second kappa shape index (κ2) is 8.39. The molecule has 1 aliphatic heterocycles. The Hall–Kier alpha value is -2.64. The SMILES string of the molecule is CC(=O)N(CC1(Cc2cccc(C#N)c2)CCNCC1)[C@@H]1CC1c1ccccc1. The summed E-state index contributed by atoms with van der Waals surface area (Å²) in [6, 6.07) is 21.1. The molecule has 0 aromatic heterocycles. The predicted octanol–water partition coefficient (Wildman–Crippen LogP) is 3.88. The van der Waals surface area contributed by atoms with Crippen molar-refractivity contribution in [1.82, 2.24) is 10.2 Å². The summed E-state index contributed by atoms with van der Waals surface area (Å²) in [5, 5.41) is 12.7. The molecule has 0 radical (unpaired) electrons. The van der Waals surface area contributed by atoms with Crippen LogP contribution in [0.2, 0.25) is 0 Å². The number of carbonyl (C=O) groups excluding carboxylic acids is 1. The lowest BCUT2D eigenvalue weighted by Crippen LogP contribution is -2.48. The fraction of sp³-hybridized carbons (Fsp3) is 0.440. The Morgan fingerprint density at radius 1 is 1.17 bits per heavy atom. The molecule has 1 saturated carbocycles. The number of rotatable bonds is 6. The molecule has 1 unspecified atom stereocenters. The zero-order valence-corrected chi connectivity index (χ0v) is 17.1. The molecule has 0 bridgehead atoms. The van der Waals surface area contributed by atoms with Crippen molar-refractivity contribution in [1.29, 1.82) is 5.26 Å². The third kappa shape index (κ3) is 4.52. The van der Waals surface area contributed by atoms with Crippen LogP contribution in [0.3, 0.4) is 0 Å². The third-order valence-corrected chi connectivity index (χ3v) is 6.59. The molecule has 0 spiro atoms. The molecular formula is C25H29N3O. The molecule has 1 amide bonds. The zero-order chi connectivity index (χ0) is 20.3. The van der Waals surface area contributed by atoms with Gasteiger partial charge in [-0.3, -0.25) is 4.79 Å². The number of carbonyl (C=O) groups is 1. The Bertz CT molecular complexity index is 896. The van der Waals surface area contributed by atoms with Gasteiger partial charge in [-0.2, -0.15) is 5.26 Å². The maximum absolute atomic E-state index is 12.6. The standard InChI is InChI=1S/C25H29N3O/c1-19(29)28(24-15-23(24)22-8-3-2-4-9-22)18-25(10-12-27-13-11-25)16-20-6-5-7-21(14-20)17-26/h2-9,14,23-24,27H,10-13,15-16,18H2,1H3/t23?,24-/m1/s1. The van der Waals surface area contributed by atoms with Gasteiger partial charge in [0.25, 0.3) is 0 Å². The van der Waals surface area contributed by atoms with Gasteiger partial charge in [-0.05, 0) is 67.4 Å². The van der Waals surface area contributed by atoms with Gasteiger partial charge in [-0.1, -0.05) is 42.5 Å². The Kier molecular flexibility index (Phi) is 5.69. The van der Waals surface area contributed by atoms with E-state index < -0.39 is 0 Å². The van der Waals surface area contributed by atoms with E-state index in [1.54, 1.807) is 6.92 Å². The Labute approximate surface area is 173 Å². The van der Waals surface area contributed by atoms with Crippen LogP contribution in [-0.2, 0) is 11.2 Å². The molecule has 2 aromatic rings. The molecule has 2 fully saturated rings. The average Bonchev–Trinajstić information content (AvgIpc) is 3.54. The molecule has 2 aromatic carbocycles. The molecule has 29 heavy (non-hydrogen) atoms. The summed E-state index contributed by atoms with van der Waals surface area (Å²) in [6.45, 7) is 4.48. The Morgan fingerprint density at radius 2 is 1.93 bits per heavy atom. The molecule has 4 heteroatoms. The predicted molar refractivity (Wildman–Crippen MR) is 114 cm³/mol. The van der Waals surface area contributed by atoms with Gasteiger partial charge in [0.1, 0.15) is 0 Å². The van der Waals surface area contributed by atoms with Gasteiger partial charge >= 0.3 is 0 Å². The van der Waals surface area contributed by atoms with E-state index >= 15 is 0 Å². The number of benzene rings is 2. The largest absolute Gasteiger partial charge is 0.339 e. The number of nitrogens with zero attached hydrogens (tertiary/aromatic N) is 2. The summed E-state index contributed by atoms with van der Waals surface area (Å²) < 4.78 is 0. The van der Waals surface area contributed by atoms with Crippen LogP contribution in [0.1, 0.15) is 48.8 Å². The van der Waals surface area contributed by atoms with Crippen LogP contribution in [0, 0.1) is 16.7 Å². The monoisotopic (exact) mass is 387 g/mol. The van der Waals surface area contributed by atoms with Gasteiger partial charge in [-0.15, -0.1) is 0 Å². The first-order chi connectivity index (χ1) is 14.1. The number of nitrogens with one attached hydrogen (secondary N) is 1. The van der Waals surface area contributed by atoms with E-state index in [1.165, 1.54) is 11.1 Å². The van der Waals surface area contributed by atoms with Crippen LogP contribution < -0.4 is 5.32 Å². The van der Waals surface area contributed by atoms with E-state index in [4.69, 9.17) is 0 Å². The summed E-state index contributed by atoms with van der Waals surface area (Å²) in [7, 11) is 0. The minimum Gasteiger partial charge on any atom is -0.339 e. The van der Waals surface area contributed by atoms with Gasteiger partial charge in [0.05, 0.1) is 11.6 Å². The topological polar surface area (TPSA) is 56.1 Å². The highest BCUT2D eigenvalue weighted by Crippen LogP contribution is 2.46. The van der Waals surface area contributed by atoms with E-state index in [9.17, 15) is 10.1 Å². The van der Waals surface area contributed by atoms with Gasteiger partial charge < -0.3 is 10.2 Å². The lowest BCUT2D eigenvalue weighted by Gasteiger charge is -2.42. The van der Waals surface area contributed by atoms with Gasteiger partial charge in [0.15, 0.2) is 0 Å². The molecule has 1 N–H and O–H groups in total. The third-order valence-electron chi connectivity index (χ3n) is 6.59. The molecule has 2 aliphatic rings. The first kappa shape index (κ1) is 19.7. The van der Waals surface area contributed by atoms with Crippen molar-refractivity contribution < 1.29 is 4.79 Å². The van der Waals surface area contributed by atoms with E-state index in [2.05, 4.69) is 46.6 Å². The molecule has 1 saturated heterocycles. The van der Waals surface area contributed by atoms with Crippen LogP contribution >= 0.6 is 0 Å². The van der Waals surface area contributed by atoms with E-state index in [0.29, 0.717) is 17.5 Å². The van der Waals surface area contributed by atoms with Crippen molar-refractivity contribution in [3.05, 3.63) is 71.3 Å². The number of piperidine rings is 1. The number of nitriles is 1. The van der Waals surface area contributed by atoms with Crippen LogP contribution in [-0.4, -0.2) is 36.5 Å². The van der Waals surface area contributed by atoms with E-state index in [-0.39, 0.29) is 11.3 Å². The van der Waals surface area contributed by atoms with E-state index in [1.807, 2.05) is 24.3 Å². The van der Waals surface area contributed by atoms with Crippen molar-refractivity contribution in [2.24, 2.45) is 5.41 Å². The summed E-state index contributed by atoms with van der Waals surface area (Å²) in [4.78, 5) is 14.8. The number of amides is 1. The highest BCUT2D eigenvalue weighted by Gasteiger charge is 2.46. The summed E-state index contributed by atoms with van der Waals surface area (Å²) in [5.41, 5.74) is 3.31. The minimum atomic E-state index is 0.0643. The maximum atomic E-state index is 12.6. The molecule has 150 valence electrons. The number of hydrogen-bond donors (Lipinski definition) is 1. The molecule has 1 heterocycles. The highest BCUT2D eigenvalue weighted by atomic mass is 16.2. The fourth-order valence-electron chi connectivity index (χ4n) is 4.94. The second-order valence-electron chi connectivity index (χ2n) is 8.71. The quantitative estimate of drug-likeness (QED) is 0.818. The normalized spacial score (nSPS) is 22.5. The van der Waals surface area contributed by atoms with Crippen LogP contribution in [0.4, 0.5) is 0 Å². The molecule has 4 rings (SSSR count). The highest BCUT2D eigenvalue weighted by molar-refractivity contribution is 5.74. The first-order valence-electron chi connectivity index (χ1n) is 10.6. The van der Waals surface area contributed by atoms with Crippen molar-refractivity contribution >= 4 is 5.91 Å². The van der Waals surface area contributed by atoms with Gasteiger partial charge in [-0.25, -0.2) is 0 Å². The summed E-state index contributed by atoms with van der Waals surface area (Å²) in [6.07, 6.45) is 4.07. The first-order valence-corrected chi connectivity index (χ1v) is 10.6.